The van der Waals surface area contributed by atoms with Gasteiger partial charge in [-0.3, -0.25) is 24.7 Å². The van der Waals surface area contributed by atoms with Crippen molar-refractivity contribution in [2.75, 3.05) is 80.9 Å². The number of piperazine rings is 1. The van der Waals surface area contributed by atoms with Crippen molar-refractivity contribution in [3.63, 3.8) is 0 Å². The number of pyridine rings is 1. The number of nitro benzene ring substituents is 1. The second-order valence-electron chi connectivity index (χ2n) is 23.2. The van der Waals surface area contributed by atoms with Crippen LogP contribution in [0.5, 0.6) is 11.6 Å². The molecule has 6 aliphatic heterocycles. The van der Waals surface area contributed by atoms with Gasteiger partial charge in [0.25, 0.3) is 21.6 Å². The SMILES string of the molecule is CC[C@H](c1ccc(F)c(F)c1)N1CCN(C2CC3(CCN(c4ccc(C(=O)NS(=O)(=O)c5cc6c(c([N+](=O)[O-])c5)N[C@H](C5CCOCC5)CO6)c(N5c6cc7cc[nH]c7nc6O[C@H]6COCC[C@@H]65)c4)CC3)C2)[C@H](c2ccccc2C)C1. The Hall–Kier alpha value is -6.91. The van der Waals surface area contributed by atoms with Crippen LogP contribution < -0.4 is 29.3 Å². The third kappa shape index (κ3) is 10.0. The van der Waals surface area contributed by atoms with Gasteiger partial charge < -0.3 is 39.0 Å². The minimum atomic E-state index is -4.73. The average molecular weight is 1130 g/mol. The summed E-state index contributed by atoms with van der Waals surface area (Å²) in [5.74, 6) is -2.06. The monoisotopic (exact) mass is 1130 g/mol. The van der Waals surface area contributed by atoms with Crippen LogP contribution in [0.25, 0.3) is 11.0 Å². The Morgan fingerprint density at radius 3 is 2.49 bits per heavy atom. The van der Waals surface area contributed by atoms with Crippen molar-refractivity contribution < 1.29 is 45.9 Å². The number of aromatic amines is 1. The Morgan fingerprint density at radius 1 is 0.914 bits per heavy atom. The number of carbonyl (C=O) groups excluding carboxylic acids is 1. The van der Waals surface area contributed by atoms with Gasteiger partial charge in [-0.15, -0.1) is 0 Å². The van der Waals surface area contributed by atoms with E-state index in [-0.39, 0.29) is 65.7 Å². The van der Waals surface area contributed by atoms with Gasteiger partial charge in [-0.05, 0) is 129 Å². The standard InChI is InChI=1S/C60H67F2N9O9S/c1-3-48(38-8-11-45(61)46(62)26-38)68-21-22-69(53(33-68)43-7-5-4-6-36(43)2)41-31-60(32-41)16-19-67(20-17-60)40-9-10-44(50(28-40)70-49-15-25-78-35-55(49)80-59-52(70)27-39-12-18-63-57(39)65-59)58(72)66-81(75,76)42-29-51(71(73)74)56-54(30-42)79-34-47(64-56)37-13-23-77-24-14-37/h4-12,18,26-30,37,41,47-49,53,55,64H,3,13-17,19-25,31-35H2,1-2H3,(H,63,65)(H,66,72)/t47-,48+,49-,53-,55-/m0/s1. The molecule has 3 N–H and O–H groups in total. The summed E-state index contributed by atoms with van der Waals surface area (Å²) in [6, 6.07) is 24.4. The molecule has 5 fully saturated rings. The van der Waals surface area contributed by atoms with Gasteiger partial charge in [0.05, 0.1) is 39.8 Å². The maximum absolute atomic E-state index is 14.9. The highest BCUT2D eigenvalue weighted by molar-refractivity contribution is 7.90. The first kappa shape index (κ1) is 53.4. The van der Waals surface area contributed by atoms with Crippen molar-refractivity contribution in [2.45, 2.75) is 106 Å². The molecule has 8 heterocycles. The van der Waals surface area contributed by atoms with E-state index in [2.05, 4.69) is 72.7 Å². The number of amides is 1. The van der Waals surface area contributed by atoms with Crippen LogP contribution >= 0.6 is 0 Å². The zero-order chi connectivity index (χ0) is 55.7. The number of hydrogen-bond donors (Lipinski definition) is 3. The first-order chi connectivity index (χ1) is 39.2. The lowest BCUT2D eigenvalue weighted by Gasteiger charge is -2.58. The molecule has 1 saturated carbocycles. The molecule has 5 atom stereocenters. The van der Waals surface area contributed by atoms with Gasteiger partial charge >= 0.3 is 0 Å². The molecule has 2 aromatic heterocycles. The lowest BCUT2D eigenvalue weighted by molar-refractivity contribution is -0.384. The highest BCUT2D eigenvalue weighted by atomic mass is 32.2. The van der Waals surface area contributed by atoms with Gasteiger partial charge in [0, 0.05) is 100 Å². The fourth-order valence-electron chi connectivity index (χ4n) is 14.2. The fourth-order valence-corrected chi connectivity index (χ4v) is 15.2. The number of nitrogens with one attached hydrogen (secondary N) is 3. The second-order valence-corrected chi connectivity index (χ2v) is 24.8. The molecule has 426 valence electrons. The molecule has 1 amide bonds. The number of fused-ring (bicyclic) bond motifs is 4. The minimum absolute atomic E-state index is 0.0132. The Bertz CT molecular complexity index is 3510. The van der Waals surface area contributed by atoms with Crippen molar-refractivity contribution in [1.82, 2.24) is 24.5 Å². The zero-order valence-electron chi connectivity index (χ0n) is 45.5. The molecule has 4 saturated heterocycles. The van der Waals surface area contributed by atoms with Crippen LogP contribution in [-0.2, 0) is 19.5 Å². The Balaban J connectivity index is 0.773. The largest absolute Gasteiger partial charge is 0.489 e. The number of H-pyrrole nitrogens is 1. The van der Waals surface area contributed by atoms with E-state index in [0.29, 0.717) is 55.2 Å². The number of sulfonamides is 1. The number of anilines is 4. The van der Waals surface area contributed by atoms with E-state index in [1.54, 1.807) is 18.3 Å². The summed E-state index contributed by atoms with van der Waals surface area (Å²) < 4.78 is 83.8. The highest BCUT2D eigenvalue weighted by Crippen LogP contribution is 2.54. The highest BCUT2D eigenvalue weighted by Gasteiger charge is 2.51. The molecule has 13 rings (SSSR count). The normalized spacial score (nSPS) is 23.8. The topological polar surface area (TPSA) is 197 Å². The molecule has 4 aromatic carbocycles. The molecule has 7 aliphatic rings. The molecule has 0 bridgehead atoms. The summed E-state index contributed by atoms with van der Waals surface area (Å²) in [7, 11) is -4.73. The first-order valence-corrected chi connectivity index (χ1v) is 30.0. The maximum atomic E-state index is 14.9. The quantitative estimate of drug-likeness (QED) is 0.0773. The number of benzene rings is 4. The lowest BCUT2D eigenvalue weighted by atomic mass is 9.59. The van der Waals surface area contributed by atoms with Crippen molar-refractivity contribution >= 4 is 55.4 Å². The molecule has 81 heavy (non-hydrogen) atoms. The number of rotatable bonds is 12. The van der Waals surface area contributed by atoms with Gasteiger partial charge in [-0.2, -0.15) is 4.98 Å². The fraction of sp³-hybridized carbons (Fsp3) is 0.467. The number of aromatic nitrogens is 2. The van der Waals surface area contributed by atoms with Crippen LogP contribution in [0.1, 0.15) is 97.4 Å². The van der Waals surface area contributed by atoms with Crippen LogP contribution in [0.15, 0.2) is 96.0 Å². The van der Waals surface area contributed by atoms with E-state index in [1.165, 1.54) is 29.3 Å². The van der Waals surface area contributed by atoms with Crippen LogP contribution in [-0.4, -0.2) is 129 Å². The molecule has 1 spiro atoms. The van der Waals surface area contributed by atoms with Crippen molar-refractivity contribution in [2.24, 2.45) is 11.3 Å². The van der Waals surface area contributed by atoms with E-state index in [9.17, 15) is 32.1 Å². The van der Waals surface area contributed by atoms with E-state index in [4.69, 9.17) is 23.9 Å². The summed E-state index contributed by atoms with van der Waals surface area (Å²) in [4.78, 5) is 44.0. The van der Waals surface area contributed by atoms with Crippen LogP contribution in [0.3, 0.4) is 0 Å². The molecule has 0 unspecified atom stereocenters. The van der Waals surface area contributed by atoms with Gasteiger partial charge in [0.1, 0.15) is 24.0 Å². The molecule has 1 aliphatic carbocycles. The predicted molar refractivity (Wildman–Crippen MR) is 301 cm³/mol. The van der Waals surface area contributed by atoms with E-state index in [1.807, 2.05) is 24.3 Å². The van der Waals surface area contributed by atoms with Gasteiger partial charge in [0.15, 0.2) is 23.1 Å². The third-order valence-corrected chi connectivity index (χ3v) is 19.9. The summed E-state index contributed by atoms with van der Waals surface area (Å²) >= 11 is 0. The molecule has 21 heteroatoms. The maximum Gasteiger partial charge on any atom is 0.297 e. The van der Waals surface area contributed by atoms with E-state index >= 15 is 0 Å². The number of halogens is 2. The van der Waals surface area contributed by atoms with Gasteiger partial charge in [0.2, 0.25) is 5.88 Å². The van der Waals surface area contributed by atoms with Crippen LogP contribution in [0.2, 0.25) is 0 Å². The van der Waals surface area contributed by atoms with Crippen molar-refractivity contribution in [3.05, 3.63) is 135 Å². The molecular formula is C60H67F2N9O9S. The number of piperidine rings is 1. The Kier molecular flexibility index (Phi) is 14.1. The third-order valence-electron chi connectivity index (χ3n) is 18.6. The summed E-state index contributed by atoms with van der Waals surface area (Å²) in [6.07, 6.45) is 8.21. The first-order valence-electron chi connectivity index (χ1n) is 28.5. The number of ether oxygens (including phenoxy) is 4. The van der Waals surface area contributed by atoms with Gasteiger partial charge in [-0.25, -0.2) is 21.9 Å². The summed E-state index contributed by atoms with van der Waals surface area (Å²) in [6.45, 7) is 10.3. The number of aryl methyl sites for hydroxylation is 1. The van der Waals surface area contributed by atoms with Gasteiger partial charge in [-0.1, -0.05) is 37.3 Å². The number of carbonyl (C=O) groups is 1. The summed E-state index contributed by atoms with van der Waals surface area (Å²) in [5.41, 5.74) is 5.74. The number of nitro groups is 1. The number of nitrogens with zero attached hydrogens (tertiary/aromatic N) is 6. The minimum Gasteiger partial charge on any atom is -0.489 e. The lowest BCUT2D eigenvalue weighted by Crippen LogP contribution is -2.60. The van der Waals surface area contributed by atoms with Crippen LogP contribution in [0.4, 0.5) is 37.2 Å². The Morgan fingerprint density at radius 2 is 1.72 bits per heavy atom. The second kappa shape index (κ2) is 21.4. The zero-order valence-corrected chi connectivity index (χ0v) is 46.3. The molecule has 0 radical (unpaired) electrons. The average Bonchev–Trinajstić information content (AvgIpc) is 3.94. The molecule has 18 nitrogen and oxygen atoms in total. The molecule has 6 aromatic rings. The van der Waals surface area contributed by atoms with Crippen LogP contribution in [0, 0.1) is 40.0 Å². The van der Waals surface area contributed by atoms with Crippen molar-refractivity contribution in [3.8, 4) is 11.6 Å². The smallest absolute Gasteiger partial charge is 0.297 e. The number of hydrogen-bond acceptors (Lipinski definition) is 15. The van der Waals surface area contributed by atoms with Crippen molar-refractivity contribution in [1.29, 1.82) is 0 Å². The predicted octanol–water partition coefficient (Wildman–Crippen LogP) is 9.72. The van der Waals surface area contributed by atoms with E-state index in [0.717, 1.165) is 100 Å². The Labute approximate surface area is 469 Å². The molecular weight excluding hydrogens is 1060 g/mol. The van der Waals surface area contributed by atoms with E-state index < -0.39 is 49.2 Å². The summed E-state index contributed by atoms with van der Waals surface area (Å²) in [5, 5.41) is 16.7.